The molecule has 0 unspecified atom stereocenters. The summed E-state index contributed by atoms with van der Waals surface area (Å²) >= 11 is 5.94. The normalized spacial score (nSPS) is 18.2. The van der Waals surface area contributed by atoms with Gasteiger partial charge in [-0.3, -0.25) is 4.79 Å². The van der Waals surface area contributed by atoms with Gasteiger partial charge in [0.1, 0.15) is 13.2 Å². The van der Waals surface area contributed by atoms with Crippen molar-refractivity contribution in [3.8, 4) is 5.75 Å². The van der Waals surface area contributed by atoms with Crippen molar-refractivity contribution in [1.82, 2.24) is 4.98 Å². The van der Waals surface area contributed by atoms with E-state index >= 15 is 0 Å². The average Bonchev–Trinajstić information content (AvgIpc) is 2.43. The molecule has 136 valence electrons. The van der Waals surface area contributed by atoms with Crippen LogP contribution in [0.4, 0.5) is 32.0 Å². The van der Waals surface area contributed by atoms with Crippen LogP contribution >= 0.6 is 11.6 Å². The van der Waals surface area contributed by atoms with Crippen molar-refractivity contribution in [2.45, 2.75) is 18.4 Å². The van der Waals surface area contributed by atoms with E-state index in [4.69, 9.17) is 16.3 Å². The maximum atomic E-state index is 13.1. The van der Waals surface area contributed by atoms with Crippen molar-refractivity contribution in [1.29, 1.82) is 0 Å². The van der Waals surface area contributed by atoms with Crippen LogP contribution < -0.4 is 15.2 Å². The van der Waals surface area contributed by atoms with Crippen molar-refractivity contribution in [2.75, 3.05) is 18.1 Å². The first kappa shape index (κ1) is 17.7. The van der Waals surface area contributed by atoms with Gasteiger partial charge in [0.2, 0.25) is 5.56 Å². The van der Waals surface area contributed by atoms with Crippen LogP contribution in [0.2, 0.25) is 5.02 Å². The zero-order chi connectivity index (χ0) is 18.6. The Labute approximate surface area is 140 Å². The van der Waals surface area contributed by atoms with Gasteiger partial charge in [-0.2, -0.15) is 26.3 Å². The Balaban J connectivity index is 2.22. The summed E-state index contributed by atoms with van der Waals surface area (Å²) in [5.41, 5.74) is -0.811. The largest absolute Gasteiger partial charge is 0.488 e. The van der Waals surface area contributed by atoms with Crippen LogP contribution in [0.5, 0.6) is 5.75 Å². The standard InChI is InChI=1S/C14H9ClF6N2O2/c15-6-3-10(24)22-7-1-2-8-12(11(6)7)25-4-9(14(19,20)21)23(8)5-13(16,17)18/h1-3,9H,4-5H2,(H,22,24)/t9-/m1/s1. The first-order valence-corrected chi connectivity index (χ1v) is 7.23. The number of hydrogen-bond acceptors (Lipinski definition) is 3. The maximum absolute atomic E-state index is 13.1. The maximum Gasteiger partial charge on any atom is 0.412 e. The fourth-order valence-electron chi connectivity index (χ4n) is 2.72. The van der Waals surface area contributed by atoms with E-state index in [0.29, 0.717) is 0 Å². The molecular formula is C14H9ClF6N2O2. The number of aromatic amines is 1. The van der Waals surface area contributed by atoms with Gasteiger partial charge in [-0.25, -0.2) is 0 Å². The second-order valence-electron chi connectivity index (χ2n) is 5.43. The zero-order valence-corrected chi connectivity index (χ0v) is 12.9. The van der Waals surface area contributed by atoms with Crippen molar-refractivity contribution in [2.24, 2.45) is 0 Å². The second kappa shape index (κ2) is 5.72. The topological polar surface area (TPSA) is 45.3 Å². The Hall–Kier alpha value is -2.10. The Kier molecular flexibility index (Phi) is 4.05. The lowest BCUT2D eigenvalue weighted by Gasteiger charge is -2.40. The lowest BCUT2D eigenvalue weighted by Crippen LogP contribution is -2.54. The summed E-state index contributed by atoms with van der Waals surface area (Å²) in [6, 6.07) is 0.735. The van der Waals surface area contributed by atoms with Crippen LogP contribution in [-0.4, -0.2) is 36.5 Å². The number of anilines is 1. The van der Waals surface area contributed by atoms with Gasteiger partial charge in [0.25, 0.3) is 0 Å². The molecule has 11 heteroatoms. The van der Waals surface area contributed by atoms with Crippen LogP contribution in [0.3, 0.4) is 0 Å². The smallest absolute Gasteiger partial charge is 0.412 e. The number of pyridine rings is 1. The highest BCUT2D eigenvalue weighted by Gasteiger charge is 2.50. The molecule has 0 spiro atoms. The molecule has 25 heavy (non-hydrogen) atoms. The fourth-order valence-corrected chi connectivity index (χ4v) is 3.01. The van der Waals surface area contributed by atoms with E-state index in [2.05, 4.69) is 4.98 Å². The molecular weight excluding hydrogens is 378 g/mol. The number of benzene rings is 1. The van der Waals surface area contributed by atoms with E-state index in [1.807, 2.05) is 0 Å². The highest BCUT2D eigenvalue weighted by molar-refractivity contribution is 6.36. The summed E-state index contributed by atoms with van der Waals surface area (Å²) in [7, 11) is 0. The molecule has 0 saturated carbocycles. The van der Waals surface area contributed by atoms with Gasteiger partial charge in [0.15, 0.2) is 11.8 Å². The highest BCUT2D eigenvalue weighted by Crippen LogP contribution is 2.45. The number of hydrogen-bond donors (Lipinski definition) is 1. The predicted octanol–water partition coefficient (Wildman–Crippen LogP) is 3.87. The molecule has 0 saturated heterocycles. The molecule has 4 nitrogen and oxygen atoms in total. The van der Waals surface area contributed by atoms with Crippen LogP contribution in [0, 0.1) is 0 Å². The van der Waals surface area contributed by atoms with E-state index in [9.17, 15) is 31.1 Å². The molecule has 1 aromatic carbocycles. The van der Waals surface area contributed by atoms with E-state index in [0.717, 1.165) is 12.1 Å². The first-order valence-electron chi connectivity index (χ1n) is 6.86. The summed E-state index contributed by atoms with van der Waals surface area (Å²) in [5, 5.41) is -0.0837. The van der Waals surface area contributed by atoms with Gasteiger partial charge < -0.3 is 14.6 Å². The van der Waals surface area contributed by atoms with Crippen molar-refractivity contribution in [3.05, 3.63) is 33.6 Å². The summed E-state index contributed by atoms with van der Waals surface area (Å²) < 4.78 is 83.0. The number of nitrogens with zero attached hydrogens (tertiary/aromatic N) is 1. The molecule has 0 fully saturated rings. The zero-order valence-electron chi connectivity index (χ0n) is 12.1. The van der Waals surface area contributed by atoms with Gasteiger partial charge in [0.05, 0.1) is 21.6 Å². The lowest BCUT2D eigenvalue weighted by atomic mass is 10.1. The minimum Gasteiger partial charge on any atom is -0.488 e. The monoisotopic (exact) mass is 386 g/mol. The van der Waals surface area contributed by atoms with Gasteiger partial charge in [-0.05, 0) is 12.1 Å². The lowest BCUT2D eigenvalue weighted by molar-refractivity contribution is -0.166. The molecule has 0 bridgehead atoms. The first-order chi connectivity index (χ1) is 11.5. The molecule has 2 aromatic rings. The van der Waals surface area contributed by atoms with Crippen LogP contribution in [0.25, 0.3) is 10.9 Å². The molecule has 3 rings (SSSR count). The third kappa shape index (κ3) is 3.35. The Bertz CT molecular complexity index is 876. The Morgan fingerprint density at radius 2 is 1.92 bits per heavy atom. The van der Waals surface area contributed by atoms with E-state index in [-0.39, 0.29) is 26.6 Å². The summed E-state index contributed by atoms with van der Waals surface area (Å²) in [4.78, 5) is 14.0. The molecule has 0 amide bonds. The summed E-state index contributed by atoms with van der Waals surface area (Å²) in [6.07, 6.45) is -9.78. The van der Waals surface area contributed by atoms with Gasteiger partial charge in [-0.1, -0.05) is 11.6 Å². The molecule has 1 N–H and O–H groups in total. The second-order valence-corrected chi connectivity index (χ2v) is 5.84. The highest BCUT2D eigenvalue weighted by atomic mass is 35.5. The van der Waals surface area contributed by atoms with E-state index < -0.39 is 42.8 Å². The molecule has 0 radical (unpaired) electrons. The van der Waals surface area contributed by atoms with E-state index in [1.165, 1.54) is 6.07 Å². The number of nitrogens with one attached hydrogen (secondary N) is 1. The summed E-state index contributed by atoms with van der Waals surface area (Å²) in [5.74, 6) is -0.233. The minimum absolute atomic E-state index is 0.0477. The predicted molar refractivity (Wildman–Crippen MR) is 78.3 cm³/mol. The SMILES string of the molecule is O=c1cc(Cl)c2c3c(ccc2[nH]1)N(CC(F)(F)F)[C@@H](C(F)(F)F)CO3. The molecule has 1 aliphatic rings. The van der Waals surface area contributed by atoms with Gasteiger partial charge in [0, 0.05) is 6.07 Å². The van der Waals surface area contributed by atoms with Gasteiger partial charge in [-0.15, -0.1) is 0 Å². The molecule has 1 aromatic heterocycles. The van der Waals surface area contributed by atoms with Crippen LogP contribution in [0.15, 0.2) is 23.0 Å². The van der Waals surface area contributed by atoms with Crippen molar-refractivity contribution in [3.63, 3.8) is 0 Å². The Morgan fingerprint density at radius 1 is 1.24 bits per heavy atom. The third-order valence-corrected chi connectivity index (χ3v) is 3.99. The van der Waals surface area contributed by atoms with Crippen LogP contribution in [-0.2, 0) is 0 Å². The number of fused-ring (bicyclic) bond motifs is 3. The number of rotatable bonds is 1. The minimum atomic E-state index is -4.92. The van der Waals surface area contributed by atoms with E-state index in [1.54, 1.807) is 0 Å². The molecule has 0 aliphatic carbocycles. The Morgan fingerprint density at radius 3 is 2.52 bits per heavy atom. The number of halogens is 7. The molecule has 1 atom stereocenters. The third-order valence-electron chi connectivity index (χ3n) is 3.69. The van der Waals surface area contributed by atoms with Crippen molar-refractivity contribution < 1.29 is 31.1 Å². The van der Waals surface area contributed by atoms with Crippen molar-refractivity contribution >= 4 is 28.2 Å². The van der Waals surface area contributed by atoms with Gasteiger partial charge >= 0.3 is 12.4 Å². The van der Waals surface area contributed by atoms with Crippen LogP contribution in [0.1, 0.15) is 0 Å². The molecule has 2 heterocycles. The fraction of sp³-hybridized carbons (Fsp3) is 0.357. The quantitative estimate of drug-likeness (QED) is 0.757. The number of alkyl halides is 6. The average molecular weight is 387 g/mol. The number of ether oxygens (including phenoxy) is 1. The summed E-state index contributed by atoms with van der Waals surface area (Å²) in [6.45, 7) is -2.83. The number of aromatic nitrogens is 1. The molecule has 1 aliphatic heterocycles. The number of H-pyrrole nitrogens is 1.